The smallest absolute Gasteiger partial charge is 0.269 e. The molecule has 0 N–H and O–H groups in total. The zero-order valence-electron chi connectivity index (χ0n) is 10.8. The average Bonchev–Trinajstić information content (AvgIpc) is 2.34. The van der Waals surface area contributed by atoms with Crippen LogP contribution in [-0.2, 0) is 9.67 Å². The minimum atomic E-state index is -0.398. The molecule has 0 radical (unpaired) electrons. The Morgan fingerprint density at radius 2 is 1.89 bits per heavy atom. The van der Waals surface area contributed by atoms with Gasteiger partial charge in [0.1, 0.15) is 4.93 Å². The van der Waals surface area contributed by atoms with Gasteiger partial charge in [-0.3, -0.25) is 10.1 Å². The quantitative estimate of drug-likeness (QED) is 0.607. The number of hydrogen-bond donors (Lipinski definition) is 0. The summed E-state index contributed by atoms with van der Waals surface area (Å²) in [5, 5.41) is 10.6. The van der Waals surface area contributed by atoms with E-state index in [2.05, 4.69) is 13.8 Å². The topological polar surface area (TPSA) is 52.4 Å². The molecule has 1 aliphatic heterocycles. The first-order valence-electron chi connectivity index (χ1n) is 5.85. The second kappa shape index (κ2) is 4.55. The van der Waals surface area contributed by atoms with Crippen LogP contribution >= 0.6 is 11.8 Å². The Kier molecular flexibility index (Phi) is 3.38. The third-order valence-electron chi connectivity index (χ3n) is 3.08. The van der Waals surface area contributed by atoms with Crippen molar-refractivity contribution in [3.8, 4) is 0 Å². The standard InChI is InChI=1S/C13H17NO3S/c1-12(2)8-17-13(3,18-9-12)10-4-6-11(7-5-10)14(15)16/h4-7H,8-9H2,1-3H3. The summed E-state index contributed by atoms with van der Waals surface area (Å²) in [7, 11) is 0. The highest BCUT2D eigenvalue weighted by molar-refractivity contribution is 8.00. The Hall–Kier alpha value is -1.07. The number of hydrogen-bond acceptors (Lipinski definition) is 4. The van der Waals surface area contributed by atoms with Crippen molar-refractivity contribution in [2.75, 3.05) is 12.4 Å². The lowest BCUT2D eigenvalue weighted by Gasteiger charge is -2.41. The number of non-ortho nitro benzene ring substituents is 1. The van der Waals surface area contributed by atoms with E-state index in [1.807, 2.05) is 6.92 Å². The van der Waals surface area contributed by atoms with Crippen LogP contribution in [0.1, 0.15) is 26.3 Å². The van der Waals surface area contributed by atoms with Crippen LogP contribution in [0.3, 0.4) is 0 Å². The average molecular weight is 267 g/mol. The fraction of sp³-hybridized carbons (Fsp3) is 0.538. The van der Waals surface area contributed by atoms with E-state index in [0.717, 1.165) is 11.3 Å². The molecule has 1 unspecified atom stereocenters. The van der Waals surface area contributed by atoms with Gasteiger partial charge in [0.15, 0.2) is 0 Å². The molecule has 1 aliphatic rings. The molecule has 0 bridgehead atoms. The molecule has 2 rings (SSSR count). The molecule has 4 nitrogen and oxygen atoms in total. The molecule has 0 amide bonds. The van der Waals surface area contributed by atoms with E-state index in [1.54, 1.807) is 23.9 Å². The number of nitro groups is 1. The maximum Gasteiger partial charge on any atom is 0.269 e. The monoisotopic (exact) mass is 267 g/mol. The zero-order valence-corrected chi connectivity index (χ0v) is 11.6. The molecule has 1 atom stereocenters. The van der Waals surface area contributed by atoms with Gasteiger partial charge in [-0.15, -0.1) is 11.8 Å². The van der Waals surface area contributed by atoms with E-state index in [1.165, 1.54) is 12.1 Å². The number of benzene rings is 1. The van der Waals surface area contributed by atoms with Crippen molar-refractivity contribution >= 4 is 17.4 Å². The summed E-state index contributed by atoms with van der Waals surface area (Å²) in [5.41, 5.74) is 1.28. The first-order chi connectivity index (χ1) is 8.32. The largest absolute Gasteiger partial charge is 0.360 e. The van der Waals surface area contributed by atoms with Crippen LogP contribution in [0.15, 0.2) is 24.3 Å². The summed E-state index contributed by atoms with van der Waals surface area (Å²) in [5.74, 6) is 1.01. The normalized spacial score (nSPS) is 26.8. The molecule has 1 aromatic rings. The summed E-state index contributed by atoms with van der Waals surface area (Å²) in [6, 6.07) is 6.63. The molecule has 98 valence electrons. The van der Waals surface area contributed by atoms with Crippen molar-refractivity contribution in [2.45, 2.75) is 25.7 Å². The summed E-state index contributed by atoms with van der Waals surface area (Å²) >= 11 is 1.75. The van der Waals surface area contributed by atoms with Crippen molar-refractivity contribution in [2.24, 2.45) is 5.41 Å². The highest BCUT2D eigenvalue weighted by Gasteiger charge is 2.37. The molecule has 1 fully saturated rings. The van der Waals surface area contributed by atoms with E-state index in [4.69, 9.17) is 4.74 Å². The van der Waals surface area contributed by atoms with Crippen LogP contribution < -0.4 is 0 Å². The van der Waals surface area contributed by atoms with Crippen LogP contribution in [-0.4, -0.2) is 17.3 Å². The van der Waals surface area contributed by atoms with Crippen molar-refractivity contribution in [1.29, 1.82) is 0 Å². The summed E-state index contributed by atoms with van der Waals surface area (Å²) in [4.78, 5) is 9.84. The van der Waals surface area contributed by atoms with Gasteiger partial charge in [0.2, 0.25) is 0 Å². The van der Waals surface area contributed by atoms with E-state index in [0.29, 0.717) is 6.61 Å². The van der Waals surface area contributed by atoms with Crippen LogP contribution in [0.25, 0.3) is 0 Å². The molecule has 1 aromatic carbocycles. The van der Waals surface area contributed by atoms with E-state index < -0.39 is 4.93 Å². The van der Waals surface area contributed by atoms with E-state index >= 15 is 0 Å². The molecule has 0 saturated carbocycles. The fourth-order valence-corrected chi connectivity index (χ4v) is 3.00. The van der Waals surface area contributed by atoms with Crippen LogP contribution in [0.2, 0.25) is 0 Å². The van der Waals surface area contributed by atoms with Gasteiger partial charge in [0, 0.05) is 17.9 Å². The highest BCUT2D eigenvalue weighted by Crippen LogP contribution is 2.45. The first-order valence-corrected chi connectivity index (χ1v) is 6.84. The van der Waals surface area contributed by atoms with Gasteiger partial charge < -0.3 is 4.74 Å². The summed E-state index contributed by atoms with van der Waals surface area (Å²) in [6.07, 6.45) is 0. The Labute approximate surface area is 111 Å². The third-order valence-corrected chi connectivity index (χ3v) is 4.91. The van der Waals surface area contributed by atoms with Crippen LogP contribution in [0, 0.1) is 15.5 Å². The second-order valence-electron chi connectivity index (χ2n) is 5.49. The van der Waals surface area contributed by atoms with Crippen LogP contribution in [0.5, 0.6) is 0 Å². The fourth-order valence-electron chi connectivity index (χ4n) is 1.80. The molecule has 5 heteroatoms. The molecule has 18 heavy (non-hydrogen) atoms. The second-order valence-corrected chi connectivity index (χ2v) is 6.85. The predicted octanol–water partition coefficient (Wildman–Crippen LogP) is 3.56. The molecule has 0 aromatic heterocycles. The predicted molar refractivity (Wildman–Crippen MR) is 72.6 cm³/mol. The van der Waals surface area contributed by atoms with Gasteiger partial charge in [0.05, 0.1) is 11.5 Å². The number of ether oxygens (including phenoxy) is 1. The van der Waals surface area contributed by atoms with Crippen molar-refractivity contribution in [3.05, 3.63) is 39.9 Å². The number of nitrogens with zero attached hydrogens (tertiary/aromatic N) is 1. The first kappa shape index (κ1) is 13.4. The maximum absolute atomic E-state index is 10.6. The Morgan fingerprint density at radius 1 is 1.28 bits per heavy atom. The summed E-state index contributed by atoms with van der Waals surface area (Å²) < 4.78 is 5.96. The molecular formula is C13H17NO3S. The molecule has 1 saturated heterocycles. The van der Waals surface area contributed by atoms with Crippen molar-refractivity contribution in [3.63, 3.8) is 0 Å². The molecule has 0 spiro atoms. The highest BCUT2D eigenvalue weighted by atomic mass is 32.2. The van der Waals surface area contributed by atoms with E-state index in [-0.39, 0.29) is 16.0 Å². The number of nitro benzene ring substituents is 1. The summed E-state index contributed by atoms with van der Waals surface area (Å²) in [6.45, 7) is 7.08. The van der Waals surface area contributed by atoms with Gasteiger partial charge in [-0.2, -0.15) is 0 Å². The third kappa shape index (κ3) is 2.67. The Bertz CT molecular complexity index is 446. The molecule has 0 aliphatic carbocycles. The lowest BCUT2D eigenvalue weighted by molar-refractivity contribution is -0.384. The van der Waals surface area contributed by atoms with Gasteiger partial charge in [-0.05, 0) is 30.0 Å². The minimum Gasteiger partial charge on any atom is -0.360 e. The lowest BCUT2D eigenvalue weighted by atomic mass is 9.97. The van der Waals surface area contributed by atoms with Gasteiger partial charge in [0.25, 0.3) is 5.69 Å². The van der Waals surface area contributed by atoms with Gasteiger partial charge in [-0.1, -0.05) is 13.8 Å². The van der Waals surface area contributed by atoms with Crippen molar-refractivity contribution in [1.82, 2.24) is 0 Å². The Balaban J connectivity index is 2.18. The SMILES string of the molecule is CC1(C)COC(C)(c2ccc([N+](=O)[O-])cc2)SC1. The molecular weight excluding hydrogens is 250 g/mol. The lowest BCUT2D eigenvalue weighted by Crippen LogP contribution is -2.37. The van der Waals surface area contributed by atoms with E-state index in [9.17, 15) is 10.1 Å². The van der Waals surface area contributed by atoms with Crippen LogP contribution in [0.4, 0.5) is 5.69 Å². The van der Waals surface area contributed by atoms with Gasteiger partial charge in [-0.25, -0.2) is 0 Å². The number of thioether (sulfide) groups is 1. The maximum atomic E-state index is 10.6. The Morgan fingerprint density at radius 3 is 2.33 bits per heavy atom. The van der Waals surface area contributed by atoms with Crippen molar-refractivity contribution < 1.29 is 9.66 Å². The zero-order chi connectivity index (χ0) is 13.4. The molecule has 1 heterocycles. The minimum absolute atomic E-state index is 0.114. The van der Waals surface area contributed by atoms with Gasteiger partial charge >= 0.3 is 0 Å². The number of rotatable bonds is 2.